The number of nitrogens with one attached hydrogen (secondary N) is 1. The van der Waals surface area contributed by atoms with Gasteiger partial charge in [0.2, 0.25) is 0 Å². The smallest absolute Gasteiger partial charge is 0.326 e. The van der Waals surface area contributed by atoms with Crippen molar-refractivity contribution in [3.05, 3.63) is 0 Å². The molecule has 0 saturated carbocycles. The second kappa shape index (κ2) is 8.24. The van der Waals surface area contributed by atoms with Crippen molar-refractivity contribution in [2.45, 2.75) is 38.1 Å². The van der Waals surface area contributed by atoms with Crippen LogP contribution in [-0.4, -0.2) is 53.1 Å². The number of thioether (sulfide) groups is 1. The standard InChI is InChI=1S/C12H22N2O3S/c1-18-9-4-2-3-7-13-12(17)14-8-5-6-10(14)11(15)16/h10H,2-9H2,1H3,(H,13,17)(H,15,16)/t10-/m1/s1. The molecule has 6 heteroatoms. The van der Waals surface area contributed by atoms with Crippen LogP contribution >= 0.6 is 11.8 Å². The number of nitrogens with zero attached hydrogens (tertiary/aromatic N) is 1. The van der Waals surface area contributed by atoms with Crippen LogP contribution in [0.15, 0.2) is 0 Å². The summed E-state index contributed by atoms with van der Waals surface area (Å²) in [5, 5.41) is 11.8. The van der Waals surface area contributed by atoms with E-state index in [2.05, 4.69) is 11.6 Å². The van der Waals surface area contributed by atoms with Gasteiger partial charge in [-0.2, -0.15) is 11.8 Å². The average Bonchev–Trinajstić information content (AvgIpc) is 2.82. The maximum Gasteiger partial charge on any atom is 0.326 e. The minimum absolute atomic E-state index is 0.232. The predicted octanol–water partition coefficient (Wildman–Crippen LogP) is 1.78. The number of aliphatic carboxylic acids is 1. The fourth-order valence-corrected chi connectivity index (χ4v) is 2.60. The van der Waals surface area contributed by atoms with Gasteiger partial charge in [0, 0.05) is 13.1 Å². The third kappa shape index (κ3) is 4.76. The highest BCUT2D eigenvalue weighted by Crippen LogP contribution is 2.17. The molecule has 1 heterocycles. The number of carbonyl (C=O) groups is 2. The molecule has 1 rings (SSSR count). The lowest BCUT2D eigenvalue weighted by atomic mass is 10.2. The Kier molecular flexibility index (Phi) is 6.93. The molecule has 5 nitrogen and oxygen atoms in total. The van der Waals surface area contributed by atoms with E-state index >= 15 is 0 Å². The van der Waals surface area contributed by atoms with Crippen LogP contribution in [0.4, 0.5) is 4.79 Å². The molecule has 1 saturated heterocycles. The SMILES string of the molecule is CSCCCCCNC(=O)N1CCC[C@@H]1C(=O)O. The summed E-state index contributed by atoms with van der Waals surface area (Å²) in [5.74, 6) is 0.254. The van der Waals surface area contributed by atoms with Gasteiger partial charge in [-0.25, -0.2) is 9.59 Å². The third-order valence-electron chi connectivity index (χ3n) is 3.10. The third-order valence-corrected chi connectivity index (χ3v) is 3.80. The summed E-state index contributed by atoms with van der Waals surface area (Å²) in [7, 11) is 0. The van der Waals surface area contributed by atoms with E-state index in [0.717, 1.165) is 25.0 Å². The molecule has 1 aliphatic heterocycles. The van der Waals surface area contributed by atoms with E-state index in [0.29, 0.717) is 19.5 Å². The Labute approximate surface area is 112 Å². The lowest BCUT2D eigenvalue weighted by Crippen LogP contribution is -2.46. The Morgan fingerprint density at radius 3 is 2.83 bits per heavy atom. The van der Waals surface area contributed by atoms with Crippen LogP contribution in [0.1, 0.15) is 32.1 Å². The monoisotopic (exact) mass is 274 g/mol. The molecule has 2 amide bonds. The molecule has 0 unspecified atom stereocenters. The fraction of sp³-hybridized carbons (Fsp3) is 0.833. The van der Waals surface area contributed by atoms with Crippen LogP contribution in [-0.2, 0) is 4.79 Å². The van der Waals surface area contributed by atoms with Crippen LogP contribution in [0, 0.1) is 0 Å². The van der Waals surface area contributed by atoms with Gasteiger partial charge in [-0.05, 0) is 37.7 Å². The van der Waals surface area contributed by atoms with E-state index in [4.69, 9.17) is 5.11 Å². The van der Waals surface area contributed by atoms with Crippen molar-refractivity contribution in [1.82, 2.24) is 10.2 Å². The molecule has 0 aromatic carbocycles. The van der Waals surface area contributed by atoms with Crippen LogP contribution in [0.2, 0.25) is 0 Å². The van der Waals surface area contributed by atoms with Gasteiger partial charge in [-0.1, -0.05) is 6.42 Å². The number of urea groups is 1. The van der Waals surface area contributed by atoms with Gasteiger partial charge in [-0.15, -0.1) is 0 Å². The first-order chi connectivity index (χ1) is 8.66. The Balaban J connectivity index is 2.18. The van der Waals surface area contributed by atoms with Gasteiger partial charge in [0.15, 0.2) is 0 Å². The van der Waals surface area contributed by atoms with E-state index in [1.165, 1.54) is 11.3 Å². The molecule has 1 aliphatic rings. The van der Waals surface area contributed by atoms with E-state index in [1.54, 1.807) is 0 Å². The van der Waals surface area contributed by atoms with Crippen molar-refractivity contribution < 1.29 is 14.7 Å². The van der Waals surface area contributed by atoms with Crippen molar-refractivity contribution in [1.29, 1.82) is 0 Å². The number of carboxylic acid groups (broad SMARTS) is 1. The average molecular weight is 274 g/mol. The van der Waals surface area contributed by atoms with Gasteiger partial charge < -0.3 is 15.3 Å². The molecule has 0 radical (unpaired) electrons. The Morgan fingerprint density at radius 1 is 1.39 bits per heavy atom. The van der Waals surface area contributed by atoms with Crippen molar-refractivity contribution >= 4 is 23.8 Å². The molecule has 2 N–H and O–H groups in total. The second-order valence-corrected chi connectivity index (χ2v) is 5.46. The lowest BCUT2D eigenvalue weighted by Gasteiger charge is -2.21. The quantitative estimate of drug-likeness (QED) is 0.694. The molecular weight excluding hydrogens is 252 g/mol. The van der Waals surface area contributed by atoms with Crippen molar-refractivity contribution in [3.63, 3.8) is 0 Å². The molecule has 1 atom stereocenters. The minimum atomic E-state index is -0.900. The van der Waals surface area contributed by atoms with Crippen molar-refractivity contribution in [3.8, 4) is 0 Å². The first kappa shape index (κ1) is 15.1. The summed E-state index contributed by atoms with van der Waals surface area (Å²) in [6.07, 6.45) is 6.65. The number of unbranched alkanes of at least 4 members (excludes halogenated alkanes) is 2. The summed E-state index contributed by atoms with van der Waals surface area (Å²) in [6.45, 7) is 1.19. The highest BCUT2D eigenvalue weighted by atomic mass is 32.2. The lowest BCUT2D eigenvalue weighted by molar-refractivity contribution is -0.141. The summed E-state index contributed by atoms with van der Waals surface area (Å²) < 4.78 is 0. The van der Waals surface area contributed by atoms with Gasteiger partial charge in [0.1, 0.15) is 6.04 Å². The van der Waals surface area contributed by atoms with E-state index in [-0.39, 0.29) is 6.03 Å². The van der Waals surface area contributed by atoms with Crippen molar-refractivity contribution in [2.24, 2.45) is 0 Å². The number of hydrogen-bond donors (Lipinski definition) is 2. The zero-order chi connectivity index (χ0) is 13.4. The van der Waals surface area contributed by atoms with Gasteiger partial charge in [0.05, 0.1) is 0 Å². The molecule has 0 spiro atoms. The maximum atomic E-state index is 11.8. The number of hydrogen-bond acceptors (Lipinski definition) is 3. The highest BCUT2D eigenvalue weighted by molar-refractivity contribution is 7.98. The highest BCUT2D eigenvalue weighted by Gasteiger charge is 2.33. The molecule has 0 aliphatic carbocycles. The number of likely N-dealkylation sites (tertiary alicyclic amines) is 1. The van der Waals surface area contributed by atoms with Gasteiger partial charge in [0.25, 0.3) is 0 Å². The number of amides is 2. The molecule has 0 aromatic rings. The normalized spacial score (nSPS) is 18.9. The molecule has 0 bridgehead atoms. The van der Waals surface area contributed by atoms with Crippen molar-refractivity contribution in [2.75, 3.05) is 25.1 Å². The summed E-state index contributed by atoms with van der Waals surface area (Å²) in [6, 6.07) is -0.869. The van der Waals surface area contributed by atoms with Crippen LogP contribution < -0.4 is 5.32 Å². The Bertz CT molecular complexity index is 286. The summed E-state index contributed by atoms with van der Waals surface area (Å²) >= 11 is 1.83. The van der Waals surface area contributed by atoms with Crippen LogP contribution in [0.25, 0.3) is 0 Å². The fourth-order valence-electron chi connectivity index (χ4n) is 2.11. The topological polar surface area (TPSA) is 69.6 Å². The number of rotatable bonds is 7. The minimum Gasteiger partial charge on any atom is -0.480 e. The predicted molar refractivity (Wildman–Crippen MR) is 73.0 cm³/mol. The van der Waals surface area contributed by atoms with Crippen LogP contribution in [0.3, 0.4) is 0 Å². The Hall–Kier alpha value is -0.910. The van der Waals surface area contributed by atoms with Gasteiger partial charge in [-0.3, -0.25) is 0 Å². The first-order valence-corrected chi connectivity index (χ1v) is 7.82. The summed E-state index contributed by atoms with van der Waals surface area (Å²) in [5.41, 5.74) is 0. The van der Waals surface area contributed by atoms with E-state index < -0.39 is 12.0 Å². The molecule has 1 fully saturated rings. The first-order valence-electron chi connectivity index (χ1n) is 6.43. The van der Waals surface area contributed by atoms with Gasteiger partial charge >= 0.3 is 12.0 Å². The molecule has 0 aromatic heterocycles. The van der Waals surface area contributed by atoms with Crippen LogP contribution in [0.5, 0.6) is 0 Å². The zero-order valence-corrected chi connectivity index (χ0v) is 11.7. The largest absolute Gasteiger partial charge is 0.480 e. The van der Waals surface area contributed by atoms with E-state index in [1.807, 2.05) is 11.8 Å². The molecule has 18 heavy (non-hydrogen) atoms. The molecular formula is C12H22N2O3S. The zero-order valence-electron chi connectivity index (χ0n) is 10.9. The number of carbonyl (C=O) groups excluding carboxylic acids is 1. The maximum absolute atomic E-state index is 11.8. The number of carboxylic acids is 1. The molecule has 104 valence electrons. The summed E-state index contributed by atoms with van der Waals surface area (Å²) in [4.78, 5) is 24.2. The second-order valence-electron chi connectivity index (χ2n) is 4.48. The Morgan fingerprint density at radius 2 is 2.17 bits per heavy atom. The van der Waals surface area contributed by atoms with E-state index in [9.17, 15) is 9.59 Å².